The van der Waals surface area contributed by atoms with E-state index in [1.54, 1.807) is 0 Å². The van der Waals surface area contributed by atoms with Gasteiger partial charge in [0.2, 0.25) is 0 Å². The molecule has 4 heteroatoms. The molecule has 0 radical (unpaired) electrons. The van der Waals surface area contributed by atoms with Crippen molar-refractivity contribution in [1.29, 1.82) is 5.26 Å². The summed E-state index contributed by atoms with van der Waals surface area (Å²) in [7, 11) is 0. The average molecular weight is 403 g/mol. The normalized spacial score (nSPS) is 24.8. The second-order valence-electron chi connectivity index (χ2n) is 8.86. The maximum atomic E-state index is 12.0. The third-order valence-electron chi connectivity index (χ3n) is 7.34. The zero-order valence-electron chi connectivity index (χ0n) is 17.4. The summed E-state index contributed by atoms with van der Waals surface area (Å²) in [4.78, 5) is 14.5. The van der Waals surface area contributed by atoms with Crippen LogP contribution in [0.5, 0.6) is 0 Å². The van der Waals surface area contributed by atoms with Crippen molar-refractivity contribution in [3.8, 4) is 6.07 Å². The summed E-state index contributed by atoms with van der Waals surface area (Å²) in [6.45, 7) is 2.82. The monoisotopic (exact) mass is 402 g/mol. The molecule has 4 rings (SSSR count). The Hall–Kier alpha value is -2.64. The van der Waals surface area contributed by atoms with Gasteiger partial charge in [0.1, 0.15) is 0 Å². The van der Waals surface area contributed by atoms with E-state index >= 15 is 0 Å². The smallest absolute Gasteiger partial charge is 0.306 e. The van der Waals surface area contributed by atoms with Crippen LogP contribution in [0, 0.1) is 29.1 Å². The van der Waals surface area contributed by atoms with Crippen LogP contribution < -0.4 is 0 Å². The fraction of sp³-hybridized carbons (Fsp3) is 0.462. The fourth-order valence-corrected chi connectivity index (χ4v) is 5.89. The predicted octanol–water partition coefficient (Wildman–Crippen LogP) is 4.86. The SMILES string of the molecule is N#CC(c1ccccc1)(C1CCN(Cc2ccccc2)CC1)C1CCCC1C(=O)O. The minimum absolute atomic E-state index is 0.118. The lowest BCUT2D eigenvalue weighted by molar-refractivity contribution is -0.144. The van der Waals surface area contributed by atoms with Gasteiger partial charge in [-0.1, -0.05) is 67.1 Å². The van der Waals surface area contributed by atoms with Crippen molar-refractivity contribution in [2.45, 2.75) is 44.1 Å². The second kappa shape index (κ2) is 9.02. The van der Waals surface area contributed by atoms with Gasteiger partial charge in [-0.25, -0.2) is 0 Å². The Morgan fingerprint density at radius 3 is 2.23 bits per heavy atom. The lowest BCUT2D eigenvalue weighted by Crippen LogP contribution is -2.48. The number of piperidine rings is 1. The molecule has 1 aliphatic carbocycles. The standard InChI is InChI=1S/C26H30N2O2/c27-19-26(21-10-5-2-6-11-21,24-13-7-12-23(24)25(29)30)22-14-16-28(17-15-22)18-20-8-3-1-4-9-20/h1-6,8-11,22-24H,7,12-18H2,(H,29,30). The zero-order valence-corrected chi connectivity index (χ0v) is 17.4. The van der Waals surface area contributed by atoms with Crippen LogP contribution in [0.4, 0.5) is 0 Å². The molecule has 2 fully saturated rings. The topological polar surface area (TPSA) is 64.3 Å². The van der Waals surface area contributed by atoms with Crippen molar-refractivity contribution in [2.24, 2.45) is 17.8 Å². The van der Waals surface area contributed by atoms with Gasteiger partial charge in [-0.05, 0) is 61.7 Å². The van der Waals surface area contributed by atoms with E-state index in [4.69, 9.17) is 0 Å². The van der Waals surface area contributed by atoms with Gasteiger partial charge in [0.05, 0.1) is 17.4 Å². The molecule has 30 heavy (non-hydrogen) atoms. The minimum Gasteiger partial charge on any atom is -0.481 e. The molecule has 156 valence electrons. The third kappa shape index (κ3) is 3.87. The summed E-state index contributed by atoms with van der Waals surface area (Å²) in [5.41, 5.74) is 1.60. The van der Waals surface area contributed by atoms with Crippen molar-refractivity contribution in [1.82, 2.24) is 4.90 Å². The van der Waals surface area contributed by atoms with Crippen molar-refractivity contribution >= 4 is 5.97 Å². The molecule has 0 bridgehead atoms. The van der Waals surface area contributed by atoms with Crippen LogP contribution in [-0.2, 0) is 16.8 Å². The van der Waals surface area contributed by atoms with Gasteiger partial charge >= 0.3 is 5.97 Å². The highest BCUT2D eigenvalue weighted by Crippen LogP contribution is 2.52. The first-order valence-corrected chi connectivity index (χ1v) is 11.1. The van der Waals surface area contributed by atoms with Crippen LogP contribution in [0.15, 0.2) is 60.7 Å². The number of aliphatic carboxylic acids is 1. The molecule has 1 heterocycles. The second-order valence-corrected chi connectivity index (χ2v) is 8.86. The number of nitrogens with zero attached hydrogens (tertiary/aromatic N) is 2. The molecular formula is C26H30N2O2. The summed E-state index contributed by atoms with van der Waals surface area (Å²) in [6, 6.07) is 23.2. The Labute approximate surface area is 179 Å². The van der Waals surface area contributed by atoms with Crippen LogP contribution in [0.2, 0.25) is 0 Å². The molecule has 1 N–H and O–H groups in total. The number of nitriles is 1. The summed E-state index contributed by atoms with van der Waals surface area (Å²) >= 11 is 0. The molecule has 3 atom stereocenters. The molecule has 0 spiro atoms. The van der Waals surface area contributed by atoms with E-state index in [0.29, 0.717) is 6.42 Å². The van der Waals surface area contributed by atoms with E-state index in [2.05, 4.69) is 35.2 Å². The number of carboxylic acids is 1. The van der Waals surface area contributed by atoms with Gasteiger partial charge in [-0.15, -0.1) is 0 Å². The fourth-order valence-electron chi connectivity index (χ4n) is 5.89. The van der Waals surface area contributed by atoms with Gasteiger partial charge in [0.25, 0.3) is 0 Å². The highest BCUT2D eigenvalue weighted by atomic mass is 16.4. The molecule has 2 aromatic carbocycles. The maximum absolute atomic E-state index is 12.0. The first-order chi connectivity index (χ1) is 14.6. The van der Waals surface area contributed by atoms with E-state index in [9.17, 15) is 15.2 Å². The quantitative estimate of drug-likeness (QED) is 0.749. The predicted molar refractivity (Wildman–Crippen MR) is 117 cm³/mol. The van der Waals surface area contributed by atoms with Crippen LogP contribution in [-0.4, -0.2) is 29.1 Å². The van der Waals surface area contributed by atoms with E-state index in [1.807, 2.05) is 36.4 Å². The Balaban J connectivity index is 1.60. The number of hydrogen-bond acceptors (Lipinski definition) is 3. The van der Waals surface area contributed by atoms with Crippen molar-refractivity contribution < 1.29 is 9.90 Å². The summed E-state index contributed by atoms with van der Waals surface area (Å²) < 4.78 is 0. The number of rotatable bonds is 6. The molecule has 0 aromatic heterocycles. The summed E-state index contributed by atoms with van der Waals surface area (Å²) in [5.74, 6) is -1.10. The molecule has 2 aliphatic rings. The van der Waals surface area contributed by atoms with E-state index in [0.717, 1.165) is 50.9 Å². The number of benzene rings is 2. The third-order valence-corrected chi connectivity index (χ3v) is 7.34. The Kier molecular flexibility index (Phi) is 6.20. The molecular weight excluding hydrogens is 372 g/mol. The van der Waals surface area contributed by atoms with Crippen LogP contribution in [0.25, 0.3) is 0 Å². The Morgan fingerprint density at radius 1 is 1.00 bits per heavy atom. The van der Waals surface area contributed by atoms with Crippen molar-refractivity contribution in [3.63, 3.8) is 0 Å². The van der Waals surface area contributed by atoms with Crippen molar-refractivity contribution in [3.05, 3.63) is 71.8 Å². The Bertz CT molecular complexity index is 884. The number of carboxylic acid groups (broad SMARTS) is 1. The molecule has 1 aliphatic heterocycles. The molecule has 1 saturated heterocycles. The summed E-state index contributed by atoms with van der Waals surface area (Å²) in [5, 5.41) is 20.5. The zero-order chi connectivity index (χ0) is 21.0. The number of hydrogen-bond donors (Lipinski definition) is 1. The molecule has 3 unspecified atom stereocenters. The van der Waals surface area contributed by atoms with E-state index in [1.165, 1.54) is 5.56 Å². The minimum atomic E-state index is -0.741. The van der Waals surface area contributed by atoms with E-state index in [-0.39, 0.29) is 11.8 Å². The molecule has 1 saturated carbocycles. The molecule has 2 aromatic rings. The maximum Gasteiger partial charge on any atom is 0.306 e. The lowest BCUT2D eigenvalue weighted by Gasteiger charge is -2.45. The van der Waals surface area contributed by atoms with Gasteiger partial charge in [0, 0.05) is 6.54 Å². The Morgan fingerprint density at radius 2 is 1.63 bits per heavy atom. The van der Waals surface area contributed by atoms with Crippen LogP contribution >= 0.6 is 0 Å². The van der Waals surface area contributed by atoms with Gasteiger partial charge in [-0.3, -0.25) is 9.69 Å². The van der Waals surface area contributed by atoms with Crippen LogP contribution in [0.3, 0.4) is 0 Å². The van der Waals surface area contributed by atoms with Gasteiger partial charge in [0.15, 0.2) is 0 Å². The van der Waals surface area contributed by atoms with Gasteiger partial charge < -0.3 is 5.11 Å². The van der Waals surface area contributed by atoms with Gasteiger partial charge in [-0.2, -0.15) is 5.26 Å². The van der Waals surface area contributed by atoms with Crippen LogP contribution in [0.1, 0.15) is 43.2 Å². The number of likely N-dealkylation sites (tertiary alicyclic amines) is 1. The van der Waals surface area contributed by atoms with Crippen molar-refractivity contribution in [2.75, 3.05) is 13.1 Å². The first-order valence-electron chi connectivity index (χ1n) is 11.1. The number of carbonyl (C=O) groups is 1. The molecule has 4 nitrogen and oxygen atoms in total. The highest BCUT2D eigenvalue weighted by Gasteiger charge is 2.53. The summed E-state index contributed by atoms with van der Waals surface area (Å²) in [6.07, 6.45) is 4.26. The average Bonchev–Trinajstić information content (AvgIpc) is 3.28. The first kappa shape index (κ1) is 20.6. The largest absolute Gasteiger partial charge is 0.481 e. The van der Waals surface area contributed by atoms with E-state index < -0.39 is 17.3 Å². The lowest BCUT2D eigenvalue weighted by atomic mass is 9.58. The highest BCUT2D eigenvalue weighted by molar-refractivity contribution is 5.71. The molecule has 0 amide bonds.